The Morgan fingerprint density at radius 3 is 2.56 bits per heavy atom. The average molecular weight is 253 g/mol. The van der Waals surface area contributed by atoms with Gasteiger partial charge in [0.25, 0.3) is 0 Å². The summed E-state index contributed by atoms with van der Waals surface area (Å²) in [5.74, 6) is 0.495. The molecule has 0 aromatic carbocycles. The Morgan fingerprint density at radius 1 is 1.44 bits per heavy atom. The van der Waals surface area contributed by atoms with Crippen molar-refractivity contribution in [3.8, 4) is 0 Å². The smallest absolute Gasteiger partial charge is 0.323 e. The van der Waals surface area contributed by atoms with Gasteiger partial charge in [0.05, 0.1) is 0 Å². The van der Waals surface area contributed by atoms with Crippen molar-refractivity contribution in [1.82, 2.24) is 0 Å². The predicted molar refractivity (Wildman–Crippen MR) is 72.0 cm³/mol. The van der Waals surface area contributed by atoms with Crippen LogP contribution in [0.5, 0.6) is 0 Å². The summed E-state index contributed by atoms with van der Waals surface area (Å²) in [6.07, 6.45) is 5.18. The fraction of sp³-hybridized carbons (Fsp3) is 0.933. The number of hydrogen-bond acceptors (Lipinski definition) is 3. The zero-order valence-electron chi connectivity index (χ0n) is 12.2. The van der Waals surface area contributed by atoms with Gasteiger partial charge in [0.1, 0.15) is 12.1 Å². The fourth-order valence-corrected chi connectivity index (χ4v) is 3.96. The molecule has 0 spiro atoms. The second kappa shape index (κ2) is 4.52. The van der Waals surface area contributed by atoms with Gasteiger partial charge in [0.15, 0.2) is 0 Å². The van der Waals surface area contributed by atoms with E-state index in [-0.39, 0.29) is 22.9 Å². The van der Waals surface area contributed by atoms with Gasteiger partial charge >= 0.3 is 5.97 Å². The fourth-order valence-electron chi connectivity index (χ4n) is 3.96. The number of esters is 1. The molecule has 2 rings (SSSR count). The van der Waals surface area contributed by atoms with Crippen LogP contribution in [0.15, 0.2) is 0 Å². The molecule has 4 unspecified atom stereocenters. The molecule has 0 aromatic heterocycles. The van der Waals surface area contributed by atoms with E-state index < -0.39 is 6.04 Å². The summed E-state index contributed by atoms with van der Waals surface area (Å²) in [7, 11) is 0. The maximum absolute atomic E-state index is 12.0. The molecule has 4 atom stereocenters. The van der Waals surface area contributed by atoms with E-state index in [2.05, 4.69) is 20.8 Å². The Morgan fingerprint density at radius 2 is 2.11 bits per heavy atom. The van der Waals surface area contributed by atoms with E-state index in [1.165, 1.54) is 12.8 Å². The third-order valence-electron chi connectivity index (χ3n) is 5.87. The van der Waals surface area contributed by atoms with E-state index >= 15 is 0 Å². The summed E-state index contributed by atoms with van der Waals surface area (Å²) in [4.78, 5) is 12.0. The molecule has 0 aliphatic heterocycles. The molecule has 0 radical (unpaired) electrons. The first-order chi connectivity index (χ1) is 8.33. The van der Waals surface area contributed by atoms with Gasteiger partial charge in [-0.15, -0.1) is 0 Å². The summed E-state index contributed by atoms with van der Waals surface area (Å²) in [6, 6.07) is -0.444. The van der Waals surface area contributed by atoms with Crippen molar-refractivity contribution in [2.75, 3.05) is 0 Å². The molecule has 3 nitrogen and oxygen atoms in total. The molecular weight excluding hydrogens is 226 g/mol. The molecule has 2 aliphatic rings. The second-order valence-electron chi connectivity index (χ2n) is 6.93. The van der Waals surface area contributed by atoms with Gasteiger partial charge in [-0.2, -0.15) is 0 Å². The summed E-state index contributed by atoms with van der Waals surface area (Å²) >= 11 is 0. The van der Waals surface area contributed by atoms with Crippen LogP contribution in [0.2, 0.25) is 0 Å². The number of carbonyl (C=O) groups excluding carboxylic acids is 1. The van der Waals surface area contributed by atoms with E-state index in [1.807, 2.05) is 6.92 Å². The third kappa shape index (κ3) is 1.87. The molecule has 3 heteroatoms. The molecule has 104 valence electrons. The lowest BCUT2D eigenvalue weighted by Gasteiger charge is -2.38. The van der Waals surface area contributed by atoms with E-state index in [9.17, 15) is 4.79 Å². The van der Waals surface area contributed by atoms with Crippen molar-refractivity contribution in [3.63, 3.8) is 0 Å². The van der Waals surface area contributed by atoms with Crippen LogP contribution in [0.25, 0.3) is 0 Å². The molecular formula is C15H27NO2. The zero-order valence-corrected chi connectivity index (χ0v) is 12.2. The largest absolute Gasteiger partial charge is 0.461 e. The van der Waals surface area contributed by atoms with Crippen molar-refractivity contribution < 1.29 is 9.53 Å². The Bertz CT molecular complexity index is 339. The van der Waals surface area contributed by atoms with Crippen LogP contribution in [0.4, 0.5) is 0 Å². The molecule has 2 N–H and O–H groups in total. The Labute approximate surface area is 110 Å². The SMILES string of the molecule is CCCC(N)C(=O)OC1CC2CCC1(C)C2(C)C. The van der Waals surface area contributed by atoms with Gasteiger partial charge in [0, 0.05) is 5.41 Å². The molecule has 2 saturated carbocycles. The molecule has 0 aromatic rings. The Kier molecular flexibility index (Phi) is 3.48. The molecule has 2 fully saturated rings. The van der Waals surface area contributed by atoms with Gasteiger partial charge < -0.3 is 10.5 Å². The summed E-state index contributed by atoms with van der Waals surface area (Å²) in [5.41, 5.74) is 6.26. The number of ether oxygens (including phenoxy) is 1. The van der Waals surface area contributed by atoms with Crippen molar-refractivity contribution in [3.05, 3.63) is 0 Å². The van der Waals surface area contributed by atoms with Crippen molar-refractivity contribution >= 4 is 5.97 Å². The molecule has 2 aliphatic carbocycles. The summed E-state index contributed by atoms with van der Waals surface area (Å²) in [6.45, 7) is 8.97. The first-order valence-corrected chi connectivity index (χ1v) is 7.29. The summed E-state index contributed by atoms with van der Waals surface area (Å²) < 4.78 is 5.73. The third-order valence-corrected chi connectivity index (χ3v) is 5.87. The summed E-state index contributed by atoms with van der Waals surface area (Å²) in [5, 5.41) is 0. The van der Waals surface area contributed by atoms with Crippen molar-refractivity contribution in [2.45, 2.75) is 71.9 Å². The molecule has 18 heavy (non-hydrogen) atoms. The molecule has 0 heterocycles. The van der Waals surface area contributed by atoms with Gasteiger partial charge in [0.2, 0.25) is 0 Å². The van der Waals surface area contributed by atoms with Crippen LogP contribution in [-0.4, -0.2) is 18.1 Å². The van der Waals surface area contributed by atoms with Gasteiger partial charge in [-0.1, -0.05) is 34.1 Å². The van der Waals surface area contributed by atoms with Gasteiger partial charge in [-0.3, -0.25) is 4.79 Å². The lowest BCUT2D eigenvalue weighted by molar-refractivity contribution is -0.158. The minimum Gasteiger partial charge on any atom is -0.461 e. The number of nitrogens with two attached hydrogens (primary N) is 1. The second-order valence-corrected chi connectivity index (χ2v) is 6.93. The number of fused-ring (bicyclic) bond motifs is 2. The van der Waals surface area contributed by atoms with Crippen molar-refractivity contribution in [2.24, 2.45) is 22.5 Å². The monoisotopic (exact) mass is 253 g/mol. The van der Waals surface area contributed by atoms with Crippen LogP contribution >= 0.6 is 0 Å². The average Bonchev–Trinajstić information content (AvgIpc) is 2.62. The lowest BCUT2D eigenvalue weighted by Crippen LogP contribution is -2.42. The Hall–Kier alpha value is -0.570. The lowest BCUT2D eigenvalue weighted by atomic mass is 9.70. The molecule has 0 saturated heterocycles. The van der Waals surface area contributed by atoms with Crippen molar-refractivity contribution in [1.29, 1.82) is 0 Å². The highest BCUT2D eigenvalue weighted by atomic mass is 16.5. The molecule has 2 bridgehead atoms. The van der Waals surface area contributed by atoms with Crippen LogP contribution in [0.3, 0.4) is 0 Å². The first-order valence-electron chi connectivity index (χ1n) is 7.29. The topological polar surface area (TPSA) is 52.3 Å². The Balaban J connectivity index is 2.03. The maximum Gasteiger partial charge on any atom is 0.323 e. The van der Waals surface area contributed by atoms with E-state index in [4.69, 9.17) is 10.5 Å². The van der Waals surface area contributed by atoms with Crippen LogP contribution < -0.4 is 5.73 Å². The minimum absolute atomic E-state index is 0.0710. The number of carbonyl (C=O) groups is 1. The standard InChI is InChI=1S/C15H27NO2/c1-5-6-11(16)13(17)18-12-9-10-7-8-15(12,4)14(10,2)3/h10-12H,5-9,16H2,1-4H3. The van der Waals surface area contributed by atoms with Gasteiger partial charge in [-0.25, -0.2) is 0 Å². The first kappa shape index (κ1) is 13.9. The number of rotatable bonds is 4. The maximum atomic E-state index is 12.0. The van der Waals surface area contributed by atoms with Crippen LogP contribution in [-0.2, 0) is 9.53 Å². The highest BCUT2D eigenvalue weighted by Crippen LogP contribution is 2.66. The van der Waals surface area contributed by atoms with Crippen LogP contribution in [0, 0.1) is 16.7 Å². The quantitative estimate of drug-likeness (QED) is 0.784. The zero-order chi connectivity index (χ0) is 13.6. The normalized spacial score (nSPS) is 38.7. The minimum atomic E-state index is -0.444. The van der Waals surface area contributed by atoms with E-state index in [0.717, 1.165) is 19.3 Å². The predicted octanol–water partition coefficient (Wildman–Crippen LogP) is 2.87. The van der Waals surface area contributed by atoms with E-state index in [1.54, 1.807) is 0 Å². The number of hydrogen-bond donors (Lipinski definition) is 1. The van der Waals surface area contributed by atoms with Gasteiger partial charge in [-0.05, 0) is 37.0 Å². The van der Waals surface area contributed by atoms with E-state index in [0.29, 0.717) is 5.92 Å². The highest BCUT2D eigenvalue weighted by molar-refractivity contribution is 5.75. The molecule has 0 amide bonds. The highest BCUT2D eigenvalue weighted by Gasteiger charge is 2.62. The van der Waals surface area contributed by atoms with Crippen LogP contribution in [0.1, 0.15) is 59.8 Å².